The Hall–Kier alpha value is -1.88. The van der Waals surface area contributed by atoms with Crippen LogP contribution in [0.3, 0.4) is 0 Å². The molecule has 1 aromatic heterocycles. The lowest BCUT2D eigenvalue weighted by molar-refractivity contribution is 0.251. The molecule has 2 N–H and O–H groups in total. The number of nitrogens with one attached hydrogen (secondary N) is 2. The van der Waals surface area contributed by atoms with Crippen molar-refractivity contribution in [3.63, 3.8) is 0 Å². The van der Waals surface area contributed by atoms with E-state index < -0.39 is 0 Å². The van der Waals surface area contributed by atoms with Gasteiger partial charge in [0.25, 0.3) is 0 Å². The molecule has 0 aliphatic rings. The number of amides is 2. The summed E-state index contributed by atoms with van der Waals surface area (Å²) in [6.45, 7) is 2.41. The SMILES string of the molecule is Cc1ccnc(NC(=O)NCc2ccccc2Br)c1. The van der Waals surface area contributed by atoms with E-state index in [9.17, 15) is 4.79 Å². The molecule has 98 valence electrons. The third kappa shape index (κ3) is 4.06. The van der Waals surface area contributed by atoms with E-state index in [0.717, 1.165) is 15.6 Å². The Balaban J connectivity index is 1.90. The Morgan fingerprint density at radius 3 is 2.84 bits per heavy atom. The van der Waals surface area contributed by atoms with Crippen LogP contribution in [-0.4, -0.2) is 11.0 Å². The van der Waals surface area contributed by atoms with E-state index in [-0.39, 0.29) is 6.03 Å². The highest BCUT2D eigenvalue weighted by atomic mass is 79.9. The van der Waals surface area contributed by atoms with Gasteiger partial charge in [0.1, 0.15) is 5.82 Å². The molecule has 0 bridgehead atoms. The molecule has 4 nitrogen and oxygen atoms in total. The second kappa shape index (κ2) is 6.33. The lowest BCUT2D eigenvalue weighted by Crippen LogP contribution is -2.28. The number of urea groups is 1. The van der Waals surface area contributed by atoms with Crippen molar-refractivity contribution in [2.24, 2.45) is 0 Å². The van der Waals surface area contributed by atoms with Crippen molar-refractivity contribution >= 4 is 27.8 Å². The maximum atomic E-state index is 11.7. The van der Waals surface area contributed by atoms with Crippen molar-refractivity contribution in [3.8, 4) is 0 Å². The first-order valence-electron chi connectivity index (χ1n) is 5.86. The molecule has 0 unspecified atom stereocenters. The molecule has 0 saturated heterocycles. The Morgan fingerprint density at radius 1 is 1.32 bits per heavy atom. The van der Waals surface area contributed by atoms with E-state index >= 15 is 0 Å². The zero-order chi connectivity index (χ0) is 13.7. The van der Waals surface area contributed by atoms with Crippen LogP contribution in [-0.2, 0) is 6.54 Å². The van der Waals surface area contributed by atoms with Gasteiger partial charge in [-0.25, -0.2) is 9.78 Å². The average Bonchev–Trinajstić information content (AvgIpc) is 2.38. The fourth-order valence-electron chi connectivity index (χ4n) is 1.58. The number of anilines is 1. The fraction of sp³-hybridized carbons (Fsp3) is 0.143. The number of pyridine rings is 1. The normalized spacial score (nSPS) is 10.0. The molecule has 0 fully saturated rings. The third-order valence-corrected chi connectivity index (χ3v) is 3.33. The maximum absolute atomic E-state index is 11.7. The number of rotatable bonds is 3. The molecule has 1 aromatic carbocycles. The van der Waals surface area contributed by atoms with Gasteiger partial charge in [-0.3, -0.25) is 5.32 Å². The molecule has 19 heavy (non-hydrogen) atoms. The number of halogens is 1. The molecule has 1 heterocycles. The van der Waals surface area contributed by atoms with Crippen LogP contribution < -0.4 is 10.6 Å². The number of aryl methyl sites for hydroxylation is 1. The van der Waals surface area contributed by atoms with Gasteiger partial charge in [-0.2, -0.15) is 0 Å². The van der Waals surface area contributed by atoms with Crippen molar-refractivity contribution in [1.82, 2.24) is 10.3 Å². The van der Waals surface area contributed by atoms with Crippen LogP contribution in [0.1, 0.15) is 11.1 Å². The summed E-state index contributed by atoms with van der Waals surface area (Å²) in [6.07, 6.45) is 1.67. The van der Waals surface area contributed by atoms with Gasteiger partial charge in [-0.05, 0) is 36.2 Å². The monoisotopic (exact) mass is 319 g/mol. The van der Waals surface area contributed by atoms with Gasteiger partial charge < -0.3 is 5.32 Å². The van der Waals surface area contributed by atoms with E-state index in [1.54, 1.807) is 6.20 Å². The summed E-state index contributed by atoms with van der Waals surface area (Å²) in [7, 11) is 0. The molecule has 0 atom stereocenters. The van der Waals surface area contributed by atoms with E-state index in [2.05, 4.69) is 31.5 Å². The third-order valence-electron chi connectivity index (χ3n) is 2.55. The Labute approximate surface area is 120 Å². The molecule has 2 amide bonds. The standard InChI is InChI=1S/C14H14BrN3O/c1-10-6-7-16-13(8-10)18-14(19)17-9-11-4-2-3-5-12(11)15/h2-8H,9H2,1H3,(H2,16,17,18,19). The number of hydrogen-bond acceptors (Lipinski definition) is 2. The maximum Gasteiger partial charge on any atom is 0.320 e. The first-order chi connectivity index (χ1) is 9.15. The van der Waals surface area contributed by atoms with Gasteiger partial charge in [0.2, 0.25) is 0 Å². The molecule has 0 aliphatic carbocycles. The van der Waals surface area contributed by atoms with Crippen molar-refractivity contribution in [1.29, 1.82) is 0 Å². The number of aromatic nitrogens is 1. The second-order valence-corrected chi connectivity index (χ2v) is 4.97. The van der Waals surface area contributed by atoms with Crippen LogP contribution in [0.2, 0.25) is 0 Å². The second-order valence-electron chi connectivity index (χ2n) is 4.12. The lowest BCUT2D eigenvalue weighted by atomic mass is 10.2. The summed E-state index contributed by atoms with van der Waals surface area (Å²) in [4.78, 5) is 15.8. The number of carbonyl (C=O) groups is 1. The van der Waals surface area contributed by atoms with Crippen LogP contribution in [0, 0.1) is 6.92 Å². The first-order valence-corrected chi connectivity index (χ1v) is 6.65. The summed E-state index contributed by atoms with van der Waals surface area (Å²) in [5.41, 5.74) is 2.07. The van der Waals surface area contributed by atoms with Crippen molar-refractivity contribution in [3.05, 3.63) is 58.2 Å². The van der Waals surface area contributed by atoms with Crippen LogP contribution in [0.25, 0.3) is 0 Å². The zero-order valence-electron chi connectivity index (χ0n) is 10.5. The molecule has 0 saturated carbocycles. The highest BCUT2D eigenvalue weighted by Crippen LogP contribution is 2.15. The molecule has 0 aliphatic heterocycles. The number of benzene rings is 1. The van der Waals surface area contributed by atoms with Crippen LogP contribution in [0.5, 0.6) is 0 Å². The number of hydrogen-bond donors (Lipinski definition) is 2. The van der Waals surface area contributed by atoms with Crippen molar-refractivity contribution in [2.45, 2.75) is 13.5 Å². The van der Waals surface area contributed by atoms with Gasteiger partial charge in [-0.15, -0.1) is 0 Å². The smallest absolute Gasteiger partial charge is 0.320 e. The molecular weight excluding hydrogens is 306 g/mol. The Bertz CT molecular complexity index is 586. The molecule has 2 rings (SSSR count). The lowest BCUT2D eigenvalue weighted by Gasteiger charge is -2.08. The quantitative estimate of drug-likeness (QED) is 0.910. The minimum atomic E-state index is -0.270. The van der Waals surface area contributed by atoms with Gasteiger partial charge in [0, 0.05) is 17.2 Å². The summed E-state index contributed by atoms with van der Waals surface area (Å²) in [6, 6.07) is 11.2. The van der Waals surface area contributed by atoms with Gasteiger partial charge >= 0.3 is 6.03 Å². The minimum absolute atomic E-state index is 0.270. The van der Waals surface area contributed by atoms with Crippen LogP contribution >= 0.6 is 15.9 Å². The largest absolute Gasteiger partial charge is 0.334 e. The summed E-state index contributed by atoms with van der Waals surface area (Å²) >= 11 is 3.44. The predicted octanol–water partition coefficient (Wildman–Crippen LogP) is 3.47. The molecule has 0 radical (unpaired) electrons. The van der Waals surface area contributed by atoms with Gasteiger partial charge in [0.15, 0.2) is 0 Å². The zero-order valence-corrected chi connectivity index (χ0v) is 12.1. The van der Waals surface area contributed by atoms with Gasteiger partial charge in [0.05, 0.1) is 0 Å². The topological polar surface area (TPSA) is 54.0 Å². The van der Waals surface area contributed by atoms with E-state index in [1.165, 1.54) is 0 Å². The molecule has 0 spiro atoms. The number of nitrogens with zero attached hydrogens (tertiary/aromatic N) is 1. The van der Waals surface area contributed by atoms with Crippen molar-refractivity contribution in [2.75, 3.05) is 5.32 Å². The fourth-order valence-corrected chi connectivity index (χ4v) is 2.01. The molecule has 2 aromatic rings. The van der Waals surface area contributed by atoms with E-state index in [1.807, 2.05) is 43.3 Å². The predicted molar refractivity (Wildman–Crippen MR) is 79.0 cm³/mol. The summed E-state index contributed by atoms with van der Waals surface area (Å²) in [5.74, 6) is 0.546. The number of carbonyl (C=O) groups excluding carboxylic acids is 1. The van der Waals surface area contributed by atoms with E-state index in [0.29, 0.717) is 12.4 Å². The highest BCUT2D eigenvalue weighted by Gasteiger charge is 2.04. The summed E-state index contributed by atoms with van der Waals surface area (Å²) < 4.78 is 0.976. The summed E-state index contributed by atoms with van der Waals surface area (Å²) in [5, 5.41) is 5.48. The minimum Gasteiger partial charge on any atom is -0.334 e. The van der Waals surface area contributed by atoms with Gasteiger partial charge in [-0.1, -0.05) is 34.1 Å². The Kier molecular flexibility index (Phi) is 4.52. The average molecular weight is 320 g/mol. The Morgan fingerprint density at radius 2 is 2.11 bits per heavy atom. The molecular formula is C14H14BrN3O. The highest BCUT2D eigenvalue weighted by molar-refractivity contribution is 9.10. The van der Waals surface area contributed by atoms with E-state index in [4.69, 9.17) is 0 Å². The van der Waals surface area contributed by atoms with Crippen LogP contribution in [0.15, 0.2) is 47.1 Å². The molecule has 5 heteroatoms. The van der Waals surface area contributed by atoms with Crippen molar-refractivity contribution < 1.29 is 4.79 Å². The van der Waals surface area contributed by atoms with Crippen LogP contribution in [0.4, 0.5) is 10.6 Å². The first kappa shape index (κ1) is 13.5.